The summed E-state index contributed by atoms with van der Waals surface area (Å²) in [6.07, 6.45) is 4.18. The van der Waals surface area contributed by atoms with Crippen molar-refractivity contribution in [1.29, 1.82) is 0 Å². The first-order valence-corrected chi connectivity index (χ1v) is 11.2. The summed E-state index contributed by atoms with van der Waals surface area (Å²) in [7, 11) is 1.04. The molecule has 3 atom stereocenters. The molecule has 1 aromatic rings. The van der Waals surface area contributed by atoms with E-state index in [2.05, 4.69) is 20.9 Å². The third-order valence-corrected chi connectivity index (χ3v) is 6.60. The van der Waals surface area contributed by atoms with Gasteiger partial charge in [-0.1, -0.05) is 25.5 Å². The van der Waals surface area contributed by atoms with E-state index >= 15 is 0 Å². The second-order valence-electron chi connectivity index (χ2n) is 6.78. The zero-order valence-electron chi connectivity index (χ0n) is 16.6. The number of benzene rings is 1. The normalized spacial score (nSPS) is 21.4. The highest BCUT2D eigenvalue weighted by Crippen LogP contribution is 2.23. The molecule has 0 heterocycles. The fourth-order valence-electron chi connectivity index (χ4n) is 3.36. The molecule has 1 aliphatic carbocycles. The molecule has 7 heteroatoms. The first kappa shape index (κ1) is 21.4. The quantitative estimate of drug-likeness (QED) is 0.491. The Balaban J connectivity index is 1.85. The Bertz CT molecular complexity index is 660. The Morgan fingerprint density at radius 2 is 1.93 bits per heavy atom. The highest BCUT2D eigenvalue weighted by molar-refractivity contribution is 7.85. The summed E-state index contributed by atoms with van der Waals surface area (Å²) in [4.78, 5) is 16.1. The molecule has 1 saturated carbocycles. The molecule has 1 fully saturated rings. The van der Waals surface area contributed by atoms with E-state index in [1.165, 1.54) is 0 Å². The molecule has 0 radical (unpaired) electrons. The van der Waals surface area contributed by atoms with Crippen LogP contribution in [0, 0.1) is 0 Å². The van der Waals surface area contributed by atoms with Crippen molar-refractivity contribution in [2.45, 2.75) is 57.4 Å². The van der Waals surface area contributed by atoms with Crippen molar-refractivity contribution in [3.8, 4) is 0 Å². The van der Waals surface area contributed by atoms with Crippen LogP contribution in [-0.2, 0) is 17.3 Å². The molecule has 150 valence electrons. The number of rotatable bonds is 7. The largest absolute Gasteiger partial charge is 0.354 e. The van der Waals surface area contributed by atoms with E-state index in [1.54, 1.807) is 7.05 Å². The molecule has 27 heavy (non-hydrogen) atoms. The smallest absolute Gasteiger partial charge is 0.251 e. The lowest BCUT2D eigenvalue weighted by molar-refractivity contribution is 0.0956. The average Bonchev–Trinajstić information content (AvgIpc) is 2.71. The minimum atomic E-state index is -0.725. The predicted molar refractivity (Wildman–Crippen MR) is 113 cm³/mol. The Morgan fingerprint density at radius 3 is 2.56 bits per heavy atom. The van der Waals surface area contributed by atoms with Crippen LogP contribution in [0.2, 0.25) is 0 Å². The Hall–Kier alpha value is -1.89. The zero-order valence-corrected chi connectivity index (χ0v) is 17.4. The van der Waals surface area contributed by atoms with Crippen LogP contribution >= 0.6 is 0 Å². The molecule has 0 bridgehead atoms. The highest BCUT2D eigenvalue weighted by Gasteiger charge is 2.25. The minimum absolute atomic E-state index is 0.0502. The van der Waals surface area contributed by atoms with Crippen LogP contribution in [-0.4, -0.2) is 46.7 Å². The summed E-state index contributed by atoms with van der Waals surface area (Å²) in [6, 6.07) is 7.89. The third-order valence-electron chi connectivity index (χ3n) is 4.86. The topological polar surface area (TPSA) is 82.6 Å². The third kappa shape index (κ3) is 6.65. The van der Waals surface area contributed by atoms with Crippen LogP contribution < -0.4 is 16.0 Å². The first-order chi connectivity index (χ1) is 13.1. The lowest BCUT2D eigenvalue weighted by Crippen LogP contribution is -2.46. The maximum atomic E-state index is 12.1. The van der Waals surface area contributed by atoms with Crippen LogP contribution in [0.3, 0.4) is 0 Å². The van der Waals surface area contributed by atoms with Gasteiger partial charge in [-0.25, -0.2) is 0 Å². The Morgan fingerprint density at radius 1 is 1.19 bits per heavy atom. The maximum Gasteiger partial charge on any atom is 0.251 e. The lowest BCUT2D eigenvalue weighted by atomic mass is 9.95. The summed E-state index contributed by atoms with van der Waals surface area (Å²) in [5.74, 6) is 1.44. The van der Waals surface area contributed by atoms with E-state index in [1.807, 2.05) is 38.1 Å². The zero-order chi connectivity index (χ0) is 19.6. The van der Waals surface area contributed by atoms with E-state index in [-0.39, 0.29) is 5.91 Å². The number of nitrogens with one attached hydrogen (secondary N) is 3. The van der Waals surface area contributed by atoms with Crippen LogP contribution in [0.25, 0.3) is 0 Å². The molecule has 0 aliphatic heterocycles. The molecule has 0 saturated heterocycles. The standard InChI is InChI=1S/C20H32N4O2S/c1-4-22-19(25)16-11-9-15(10-12-16)14-23-20(21-3)24-17-7-6-8-18(13-17)27(26)5-2/h9-12,17-18H,4-8,13-14H2,1-3H3,(H,22,25)(H2,21,23,24). The number of amides is 1. The van der Waals surface area contributed by atoms with E-state index < -0.39 is 10.8 Å². The van der Waals surface area contributed by atoms with Crippen molar-refractivity contribution in [2.24, 2.45) is 4.99 Å². The summed E-state index contributed by atoms with van der Waals surface area (Å²) >= 11 is 0. The van der Waals surface area contributed by atoms with Gasteiger partial charge in [0, 0.05) is 53.5 Å². The number of nitrogens with zero attached hydrogens (tertiary/aromatic N) is 1. The molecular weight excluding hydrogens is 360 g/mol. The Kier molecular flexibility index (Phi) is 8.78. The number of aliphatic imine (C=N–C) groups is 1. The van der Waals surface area contributed by atoms with Crippen molar-refractivity contribution in [1.82, 2.24) is 16.0 Å². The fourth-order valence-corrected chi connectivity index (χ4v) is 4.71. The molecule has 1 aromatic carbocycles. The van der Waals surface area contributed by atoms with E-state index in [4.69, 9.17) is 0 Å². The predicted octanol–water partition coefficient (Wildman–Crippen LogP) is 2.18. The van der Waals surface area contributed by atoms with Crippen LogP contribution in [0.4, 0.5) is 0 Å². The summed E-state index contributed by atoms with van der Waals surface area (Å²) in [6.45, 7) is 5.15. The highest BCUT2D eigenvalue weighted by atomic mass is 32.2. The summed E-state index contributed by atoms with van der Waals surface area (Å²) in [5, 5.41) is 9.89. The van der Waals surface area contributed by atoms with Gasteiger partial charge in [-0.2, -0.15) is 0 Å². The fraction of sp³-hybridized carbons (Fsp3) is 0.600. The van der Waals surface area contributed by atoms with Crippen molar-refractivity contribution >= 4 is 22.7 Å². The van der Waals surface area contributed by atoms with Gasteiger partial charge in [0.05, 0.1) is 0 Å². The summed E-state index contributed by atoms with van der Waals surface area (Å²) in [5.41, 5.74) is 1.75. The lowest BCUT2D eigenvalue weighted by Gasteiger charge is -2.30. The number of carbonyl (C=O) groups excluding carboxylic acids is 1. The molecule has 6 nitrogen and oxygen atoms in total. The summed E-state index contributed by atoms with van der Waals surface area (Å²) < 4.78 is 12.1. The van der Waals surface area contributed by atoms with Gasteiger partial charge in [0.1, 0.15) is 0 Å². The van der Waals surface area contributed by atoms with Crippen molar-refractivity contribution < 1.29 is 9.00 Å². The number of hydrogen-bond acceptors (Lipinski definition) is 3. The van der Waals surface area contributed by atoms with Gasteiger partial charge in [0.15, 0.2) is 5.96 Å². The SMILES string of the molecule is CCNC(=O)c1ccc(CNC(=NC)NC2CCCC(S(=O)CC)C2)cc1. The van der Waals surface area contributed by atoms with E-state index in [0.29, 0.717) is 29.9 Å². The molecule has 1 amide bonds. The van der Waals surface area contributed by atoms with Crippen molar-refractivity contribution in [3.63, 3.8) is 0 Å². The number of guanidine groups is 1. The van der Waals surface area contributed by atoms with Gasteiger partial charge in [-0.15, -0.1) is 0 Å². The van der Waals surface area contributed by atoms with Gasteiger partial charge in [-0.3, -0.25) is 14.0 Å². The monoisotopic (exact) mass is 392 g/mol. The Labute approximate surface area is 165 Å². The molecule has 0 spiro atoms. The second kappa shape index (κ2) is 11.1. The van der Waals surface area contributed by atoms with Crippen LogP contribution in [0.15, 0.2) is 29.3 Å². The van der Waals surface area contributed by atoms with Crippen molar-refractivity contribution in [2.75, 3.05) is 19.3 Å². The van der Waals surface area contributed by atoms with Gasteiger partial charge in [-0.05, 0) is 43.9 Å². The molecule has 0 aromatic heterocycles. The van der Waals surface area contributed by atoms with Gasteiger partial charge >= 0.3 is 0 Å². The minimum Gasteiger partial charge on any atom is -0.354 e. The van der Waals surface area contributed by atoms with Gasteiger partial charge in [0.25, 0.3) is 5.91 Å². The number of carbonyl (C=O) groups is 1. The second-order valence-corrected chi connectivity index (χ2v) is 8.79. The molecule has 1 aliphatic rings. The molecule has 3 unspecified atom stereocenters. The molecular formula is C20H32N4O2S. The maximum absolute atomic E-state index is 12.1. The van der Waals surface area contributed by atoms with E-state index in [9.17, 15) is 9.00 Å². The molecule has 3 N–H and O–H groups in total. The van der Waals surface area contributed by atoms with Crippen LogP contribution in [0.1, 0.15) is 55.5 Å². The first-order valence-electron chi connectivity index (χ1n) is 9.78. The van der Waals surface area contributed by atoms with Crippen LogP contribution in [0.5, 0.6) is 0 Å². The number of hydrogen-bond donors (Lipinski definition) is 3. The van der Waals surface area contributed by atoms with E-state index in [0.717, 1.165) is 43.0 Å². The molecule has 2 rings (SSSR count). The van der Waals surface area contributed by atoms with Gasteiger partial charge in [0.2, 0.25) is 0 Å². The average molecular weight is 393 g/mol. The van der Waals surface area contributed by atoms with Crippen molar-refractivity contribution in [3.05, 3.63) is 35.4 Å². The van der Waals surface area contributed by atoms with Gasteiger partial charge < -0.3 is 16.0 Å².